The number of ether oxygens (including phenoxy) is 3. The molecule has 0 spiro atoms. The largest absolute Gasteiger partial charge is 0.497 e. The molecule has 9 heteroatoms. The predicted molar refractivity (Wildman–Crippen MR) is 90.8 cm³/mol. The number of rotatable bonds is 8. The van der Waals surface area contributed by atoms with Gasteiger partial charge in [0.2, 0.25) is 5.69 Å². The van der Waals surface area contributed by atoms with E-state index in [4.69, 9.17) is 9.47 Å². The summed E-state index contributed by atoms with van der Waals surface area (Å²) >= 11 is 1.31. The average molecular weight is 365 g/mol. The van der Waals surface area contributed by atoms with Crippen LogP contribution in [0.15, 0.2) is 29.3 Å². The van der Waals surface area contributed by atoms with E-state index in [-0.39, 0.29) is 18.1 Å². The quantitative estimate of drug-likeness (QED) is 0.516. The van der Waals surface area contributed by atoms with E-state index < -0.39 is 5.97 Å². The molecule has 0 amide bonds. The Morgan fingerprint density at radius 3 is 2.44 bits per heavy atom. The minimum absolute atomic E-state index is 0.130. The highest BCUT2D eigenvalue weighted by molar-refractivity contribution is 7.99. The van der Waals surface area contributed by atoms with Crippen LogP contribution < -0.4 is 4.74 Å². The number of methoxy groups -OCH3 is 3. The van der Waals surface area contributed by atoms with Crippen LogP contribution >= 0.6 is 11.8 Å². The Bertz CT molecular complexity index is 730. The van der Waals surface area contributed by atoms with Crippen LogP contribution in [-0.4, -0.2) is 54.0 Å². The lowest BCUT2D eigenvalue weighted by molar-refractivity contribution is -0.140. The normalized spacial score (nSPS) is 10.4. The number of nitrogens with zero attached hydrogens (tertiary/aromatic N) is 3. The molecule has 0 unspecified atom stereocenters. The number of esters is 2. The Morgan fingerprint density at radius 2 is 1.84 bits per heavy atom. The highest BCUT2D eigenvalue weighted by Crippen LogP contribution is 2.24. The molecule has 1 aromatic heterocycles. The van der Waals surface area contributed by atoms with Gasteiger partial charge in [0.25, 0.3) is 0 Å². The summed E-state index contributed by atoms with van der Waals surface area (Å²) < 4.78 is 16.1. The molecule has 0 aliphatic carbocycles. The number of thioether (sulfide) groups is 1. The topological polar surface area (TPSA) is 92.5 Å². The Morgan fingerprint density at radius 1 is 1.12 bits per heavy atom. The number of carbonyl (C=O) groups excluding carboxylic acids is 2. The Hall–Kier alpha value is -2.55. The SMILES string of the molecule is COC(=O)CCSc1c(C(=O)OC)nnn1Cc1ccc(OC)cc1. The van der Waals surface area contributed by atoms with Crippen LogP contribution in [0, 0.1) is 0 Å². The van der Waals surface area contributed by atoms with Crippen molar-refractivity contribution in [3.8, 4) is 5.75 Å². The van der Waals surface area contributed by atoms with Crippen LogP contribution in [0.4, 0.5) is 0 Å². The summed E-state index contributed by atoms with van der Waals surface area (Å²) in [5.41, 5.74) is 1.10. The molecule has 0 N–H and O–H groups in total. The first kappa shape index (κ1) is 18.8. The fourth-order valence-electron chi connectivity index (χ4n) is 2.01. The number of aromatic nitrogens is 3. The van der Waals surface area contributed by atoms with Gasteiger partial charge in [-0.1, -0.05) is 17.3 Å². The molecule has 0 fully saturated rings. The molecule has 0 bridgehead atoms. The summed E-state index contributed by atoms with van der Waals surface area (Å²) in [4.78, 5) is 23.2. The fourth-order valence-corrected chi connectivity index (χ4v) is 2.99. The van der Waals surface area contributed by atoms with Crippen LogP contribution in [0.1, 0.15) is 22.5 Å². The van der Waals surface area contributed by atoms with Gasteiger partial charge in [-0.2, -0.15) is 0 Å². The lowest BCUT2D eigenvalue weighted by atomic mass is 10.2. The summed E-state index contributed by atoms with van der Waals surface area (Å²) in [7, 11) is 4.22. The van der Waals surface area contributed by atoms with Crippen molar-refractivity contribution >= 4 is 23.7 Å². The Labute approximate surface area is 149 Å². The van der Waals surface area contributed by atoms with Gasteiger partial charge in [0, 0.05) is 5.75 Å². The smallest absolute Gasteiger partial charge is 0.361 e. The van der Waals surface area contributed by atoms with Gasteiger partial charge in [-0.15, -0.1) is 16.9 Å². The molecule has 0 aliphatic heterocycles. The molecular formula is C16H19N3O5S. The van der Waals surface area contributed by atoms with Crippen molar-refractivity contribution in [1.82, 2.24) is 15.0 Å². The van der Waals surface area contributed by atoms with Crippen LogP contribution in [-0.2, 0) is 20.8 Å². The van der Waals surface area contributed by atoms with Gasteiger partial charge in [0.15, 0.2) is 0 Å². The zero-order valence-electron chi connectivity index (χ0n) is 14.2. The minimum atomic E-state index is -0.568. The minimum Gasteiger partial charge on any atom is -0.497 e. The van der Waals surface area contributed by atoms with Gasteiger partial charge in [-0.3, -0.25) is 4.79 Å². The summed E-state index contributed by atoms with van der Waals surface area (Å²) in [6, 6.07) is 7.50. The first-order valence-corrected chi connectivity index (χ1v) is 8.42. The van der Waals surface area contributed by atoms with Gasteiger partial charge < -0.3 is 14.2 Å². The van der Waals surface area contributed by atoms with Crippen molar-refractivity contribution in [2.75, 3.05) is 27.1 Å². The van der Waals surface area contributed by atoms with Crippen LogP contribution in [0.25, 0.3) is 0 Å². The van der Waals surface area contributed by atoms with E-state index in [1.54, 1.807) is 11.8 Å². The summed E-state index contributed by atoms with van der Waals surface area (Å²) in [5, 5.41) is 8.50. The maximum Gasteiger partial charge on any atom is 0.361 e. The molecule has 0 radical (unpaired) electrons. The number of benzene rings is 1. The van der Waals surface area contributed by atoms with E-state index in [1.807, 2.05) is 24.3 Å². The Balaban J connectivity index is 2.18. The van der Waals surface area contributed by atoms with Crippen molar-refractivity contribution < 1.29 is 23.8 Å². The maximum atomic E-state index is 11.9. The number of hydrogen-bond donors (Lipinski definition) is 0. The molecule has 2 aromatic rings. The molecule has 0 atom stereocenters. The monoisotopic (exact) mass is 365 g/mol. The van der Waals surface area contributed by atoms with Crippen LogP contribution in [0.2, 0.25) is 0 Å². The van der Waals surface area contributed by atoms with E-state index in [0.29, 0.717) is 17.3 Å². The highest BCUT2D eigenvalue weighted by atomic mass is 32.2. The van der Waals surface area contributed by atoms with E-state index >= 15 is 0 Å². The van der Waals surface area contributed by atoms with E-state index in [1.165, 1.54) is 26.0 Å². The van der Waals surface area contributed by atoms with E-state index in [0.717, 1.165) is 11.3 Å². The van der Waals surface area contributed by atoms with Crippen molar-refractivity contribution in [3.63, 3.8) is 0 Å². The first-order chi connectivity index (χ1) is 12.1. The van der Waals surface area contributed by atoms with Crippen LogP contribution in [0.3, 0.4) is 0 Å². The van der Waals surface area contributed by atoms with Gasteiger partial charge >= 0.3 is 11.9 Å². The zero-order chi connectivity index (χ0) is 18.2. The van der Waals surface area contributed by atoms with E-state index in [9.17, 15) is 9.59 Å². The fraction of sp³-hybridized carbons (Fsp3) is 0.375. The summed E-state index contributed by atoms with van der Waals surface area (Å²) in [6.45, 7) is 0.425. The molecular weight excluding hydrogens is 346 g/mol. The van der Waals surface area contributed by atoms with Crippen molar-refractivity contribution in [2.24, 2.45) is 0 Å². The number of carbonyl (C=O) groups is 2. The van der Waals surface area contributed by atoms with Gasteiger partial charge in [0.1, 0.15) is 10.8 Å². The third-order valence-corrected chi connectivity index (χ3v) is 4.42. The lowest BCUT2D eigenvalue weighted by Crippen LogP contribution is -2.08. The third-order valence-electron chi connectivity index (χ3n) is 3.33. The first-order valence-electron chi connectivity index (χ1n) is 7.43. The molecule has 0 aliphatic rings. The molecule has 134 valence electrons. The molecule has 0 saturated carbocycles. The van der Waals surface area contributed by atoms with E-state index in [2.05, 4.69) is 15.0 Å². The second kappa shape index (κ2) is 9.07. The standard InChI is InChI=1S/C16H19N3O5S/c1-22-12-6-4-11(5-7-12)10-19-15(25-9-8-13(20)23-2)14(17-18-19)16(21)24-3/h4-7H,8-10H2,1-3H3. The summed E-state index contributed by atoms with van der Waals surface area (Å²) in [6.07, 6.45) is 0.218. The van der Waals surface area contributed by atoms with Crippen molar-refractivity contribution in [3.05, 3.63) is 35.5 Å². The zero-order valence-corrected chi connectivity index (χ0v) is 15.0. The molecule has 1 heterocycles. The lowest BCUT2D eigenvalue weighted by Gasteiger charge is -2.08. The second-order valence-corrected chi connectivity index (χ2v) is 6.00. The molecule has 0 saturated heterocycles. The molecule has 1 aromatic carbocycles. The van der Waals surface area contributed by atoms with Gasteiger partial charge in [-0.05, 0) is 17.7 Å². The predicted octanol–water partition coefficient (Wildman–Crippen LogP) is 1.78. The maximum absolute atomic E-state index is 11.9. The second-order valence-electron chi connectivity index (χ2n) is 4.92. The summed E-state index contributed by atoms with van der Waals surface area (Å²) in [5.74, 6) is 0.306. The third kappa shape index (κ3) is 4.96. The molecule has 2 rings (SSSR count). The molecule has 25 heavy (non-hydrogen) atoms. The highest BCUT2D eigenvalue weighted by Gasteiger charge is 2.21. The average Bonchev–Trinajstić information content (AvgIpc) is 3.04. The van der Waals surface area contributed by atoms with Crippen molar-refractivity contribution in [1.29, 1.82) is 0 Å². The van der Waals surface area contributed by atoms with Crippen molar-refractivity contribution in [2.45, 2.75) is 18.0 Å². The van der Waals surface area contributed by atoms with Gasteiger partial charge in [0.05, 0.1) is 34.3 Å². The van der Waals surface area contributed by atoms with Gasteiger partial charge in [-0.25, -0.2) is 9.48 Å². The molecule has 8 nitrogen and oxygen atoms in total. The Kier molecular flexibility index (Phi) is 6.81. The number of hydrogen-bond acceptors (Lipinski definition) is 8. The van der Waals surface area contributed by atoms with Crippen LogP contribution in [0.5, 0.6) is 5.75 Å².